The van der Waals surface area contributed by atoms with E-state index in [0.717, 1.165) is 22.1 Å². The zero-order valence-corrected chi connectivity index (χ0v) is 12.2. The van der Waals surface area contributed by atoms with Gasteiger partial charge in [0.05, 0.1) is 10.7 Å². The van der Waals surface area contributed by atoms with Gasteiger partial charge in [-0.05, 0) is 23.6 Å². The van der Waals surface area contributed by atoms with Crippen LogP contribution < -0.4 is 5.73 Å². The number of hydrogen-bond acceptors (Lipinski definition) is 3. The Bertz CT molecular complexity index is 517. The minimum Gasteiger partial charge on any atom is -0.326 e. The van der Waals surface area contributed by atoms with E-state index >= 15 is 0 Å². The molecule has 0 amide bonds. The van der Waals surface area contributed by atoms with Crippen molar-refractivity contribution in [3.63, 3.8) is 0 Å². The van der Waals surface area contributed by atoms with E-state index in [1.807, 2.05) is 24.3 Å². The summed E-state index contributed by atoms with van der Waals surface area (Å²) in [5.41, 5.74) is 8.14. The van der Waals surface area contributed by atoms with Gasteiger partial charge in [-0.15, -0.1) is 11.3 Å². The summed E-state index contributed by atoms with van der Waals surface area (Å²) >= 11 is 7.60. The summed E-state index contributed by atoms with van der Waals surface area (Å²) in [4.78, 5) is 5.91. The van der Waals surface area contributed by atoms with Crippen molar-refractivity contribution >= 4 is 22.9 Å². The third kappa shape index (κ3) is 3.10. The summed E-state index contributed by atoms with van der Waals surface area (Å²) in [5, 5.41) is 1.89. The van der Waals surface area contributed by atoms with Crippen molar-refractivity contribution in [1.29, 1.82) is 0 Å². The van der Waals surface area contributed by atoms with Crippen LogP contribution >= 0.6 is 22.9 Å². The molecular weight excluding hydrogens is 264 g/mol. The van der Waals surface area contributed by atoms with Crippen LogP contribution in [0.3, 0.4) is 0 Å². The number of hydrogen-bond donors (Lipinski definition) is 1. The molecule has 4 heteroatoms. The van der Waals surface area contributed by atoms with Crippen LogP contribution in [0.25, 0.3) is 0 Å². The molecule has 0 bridgehead atoms. The van der Waals surface area contributed by atoms with Crippen molar-refractivity contribution in [2.24, 2.45) is 5.73 Å². The van der Waals surface area contributed by atoms with E-state index in [9.17, 15) is 0 Å². The smallest absolute Gasteiger partial charge is 0.0975 e. The van der Waals surface area contributed by atoms with E-state index in [4.69, 9.17) is 22.3 Å². The first-order valence-electron chi connectivity index (χ1n) is 6.03. The van der Waals surface area contributed by atoms with Crippen LogP contribution in [0, 0.1) is 0 Å². The number of nitrogens with two attached hydrogens (primary N) is 1. The predicted octanol–water partition coefficient (Wildman–Crippen LogP) is 3.97. The number of benzene rings is 1. The highest BCUT2D eigenvalue weighted by Gasteiger charge is 2.13. The van der Waals surface area contributed by atoms with E-state index in [-0.39, 0.29) is 0 Å². The van der Waals surface area contributed by atoms with Crippen LogP contribution in [0.2, 0.25) is 5.02 Å². The second-order valence-corrected chi connectivity index (χ2v) is 6.18. The lowest BCUT2D eigenvalue weighted by Gasteiger charge is -2.01. The van der Waals surface area contributed by atoms with Crippen molar-refractivity contribution in [2.45, 2.75) is 32.7 Å². The summed E-state index contributed by atoms with van der Waals surface area (Å²) in [6, 6.07) is 7.91. The lowest BCUT2D eigenvalue weighted by molar-refractivity contribution is 0.806. The molecule has 2 aromatic rings. The maximum atomic E-state index is 5.88. The molecule has 2 N–H and O–H groups in total. The quantitative estimate of drug-likeness (QED) is 0.920. The molecule has 18 heavy (non-hydrogen) atoms. The number of nitrogens with zero attached hydrogens (tertiary/aromatic N) is 1. The first-order chi connectivity index (χ1) is 8.60. The SMILES string of the molecule is CC(C)c1nc(Cc2ccc(Cl)cc2)sc1CN. The molecule has 1 aromatic heterocycles. The summed E-state index contributed by atoms with van der Waals surface area (Å²) in [7, 11) is 0. The third-order valence-electron chi connectivity index (χ3n) is 2.77. The minimum atomic E-state index is 0.429. The molecule has 0 saturated carbocycles. The number of halogens is 1. The number of thiazole rings is 1. The van der Waals surface area contributed by atoms with Crippen molar-refractivity contribution in [3.05, 3.63) is 50.4 Å². The number of rotatable bonds is 4. The zero-order chi connectivity index (χ0) is 13.1. The van der Waals surface area contributed by atoms with E-state index in [1.165, 1.54) is 10.4 Å². The van der Waals surface area contributed by atoms with Gasteiger partial charge in [0.1, 0.15) is 0 Å². The minimum absolute atomic E-state index is 0.429. The fourth-order valence-electron chi connectivity index (χ4n) is 1.86. The molecule has 2 rings (SSSR count). The fourth-order valence-corrected chi connectivity index (χ4v) is 3.13. The van der Waals surface area contributed by atoms with Gasteiger partial charge in [-0.3, -0.25) is 0 Å². The van der Waals surface area contributed by atoms with Crippen LogP contribution in [0.4, 0.5) is 0 Å². The van der Waals surface area contributed by atoms with Crippen molar-refractivity contribution < 1.29 is 0 Å². The molecule has 0 aliphatic heterocycles. The molecular formula is C14H17ClN2S. The second kappa shape index (κ2) is 5.83. The van der Waals surface area contributed by atoms with Gasteiger partial charge < -0.3 is 5.73 Å². The van der Waals surface area contributed by atoms with Gasteiger partial charge in [0, 0.05) is 22.9 Å². The Morgan fingerprint density at radius 2 is 1.94 bits per heavy atom. The van der Waals surface area contributed by atoms with Gasteiger partial charge in [-0.2, -0.15) is 0 Å². The average molecular weight is 281 g/mol. The van der Waals surface area contributed by atoms with Gasteiger partial charge in [-0.1, -0.05) is 37.6 Å². The molecule has 2 nitrogen and oxygen atoms in total. The van der Waals surface area contributed by atoms with Gasteiger partial charge in [0.2, 0.25) is 0 Å². The van der Waals surface area contributed by atoms with Crippen LogP contribution in [0.5, 0.6) is 0 Å². The summed E-state index contributed by atoms with van der Waals surface area (Å²) in [5.74, 6) is 0.429. The van der Waals surface area contributed by atoms with E-state index < -0.39 is 0 Å². The molecule has 0 unspecified atom stereocenters. The maximum absolute atomic E-state index is 5.88. The molecule has 0 radical (unpaired) electrons. The third-order valence-corrected chi connectivity index (χ3v) is 4.12. The normalized spacial score (nSPS) is 11.2. The monoisotopic (exact) mass is 280 g/mol. The van der Waals surface area contributed by atoms with Gasteiger partial charge in [-0.25, -0.2) is 4.98 Å². The topological polar surface area (TPSA) is 38.9 Å². The Morgan fingerprint density at radius 1 is 1.28 bits per heavy atom. The van der Waals surface area contributed by atoms with Crippen LogP contribution in [-0.4, -0.2) is 4.98 Å². The van der Waals surface area contributed by atoms with Crippen molar-refractivity contribution in [3.8, 4) is 0 Å². The molecule has 0 fully saturated rings. The first-order valence-corrected chi connectivity index (χ1v) is 7.22. The molecule has 0 spiro atoms. The lowest BCUT2D eigenvalue weighted by atomic mass is 10.1. The first kappa shape index (κ1) is 13.5. The van der Waals surface area contributed by atoms with Gasteiger partial charge in [0.15, 0.2) is 0 Å². The molecule has 0 atom stereocenters. The lowest BCUT2D eigenvalue weighted by Crippen LogP contribution is -1.99. The van der Waals surface area contributed by atoms with Crippen LogP contribution in [0.15, 0.2) is 24.3 Å². The van der Waals surface area contributed by atoms with Crippen molar-refractivity contribution in [1.82, 2.24) is 4.98 Å². The van der Waals surface area contributed by atoms with E-state index in [0.29, 0.717) is 12.5 Å². The molecule has 0 aliphatic rings. The molecule has 0 aliphatic carbocycles. The standard InChI is InChI=1S/C14H17ClN2S/c1-9(2)14-12(8-16)18-13(17-14)7-10-3-5-11(15)6-4-10/h3-6,9H,7-8,16H2,1-2H3. The Labute approximate surface area is 117 Å². The maximum Gasteiger partial charge on any atom is 0.0975 e. The van der Waals surface area contributed by atoms with E-state index in [1.54, 1.807) is 11.3 Å². The Kier molecular flexibility index (Phi) is 4.38. The number of aromatic nitrogens is 1. The van der Waals surface area contributed by atoms with Crippen LogP contribution in [-0.2, 0) is 13.0 Å². The van der Waals surface area contributed by atoms with Gasteiger partial charge in [0.25, 0.3) is 0 Å². The Hall–Kier alpha value is -0.900. The average Bonchev–Trinajstić information content (AvgIpc) is 2.75. The molecule has 96 valence electrons. The highest BCUT2D eigenvalue weighted by atomic mass is 35.5. The molecule has 0 saturated heterocycles. The second-order valence-electron chi connectivity index (χ2n) is 4.58. The highest BCUT2D eigenvalue weighted by Crippen LogP contribution is 2.26. The molecule has 1 heterocycles. The predicted molar refractivity (Wildman–Crippen MR) is 78.4 cm³/mol. The fraction of sp³-hybridized carbons (Fsp3) is 0.357. The zero-order valence-electron chi connectivity index (χ0n) is 10.6. The largest absolute Gasteiger partial charge is 0.326 e. The van der Waals surface area contributed by atoms with E-state index in [2.05, 4.69) is 13.8 Å². The van der Waals surface area contributed by atoms with Gasteiger partial charge >= 0.3 is 0 Å². The Morgan fingerprint density at radius 3 is 2.44 bits per heavy atom. The van der Waals surface area contributed by atoms with Crippen LogP contribution in [0.1, 0.15) is 40.9 Å². The summed E-state index contributed by atoms with van der Waals surface area (Å²) in [6.45, 7) is 4.88. The van der Waals surface area contributed by atoms with Crippen molar-refractivity contribution in [2.75, 3.05) is 0 Å². The Balaban J connectivity index is 2.21. The molecule has 1 aromatic carbocycles. The summed E-state index contributed by atoms with van der Waals surface area (Å²) < 4.78 is 0. The highest BCUT2D eigenvalue weighted by molar-refractivity contribution is 7.11. The summed E-state index contributed by atoms with van der Waals surface area (Å²) in [6.07, 6.45) is 0.849.